The largest absolute Gasteiger partial charge is 0.295 e. The predicted molar refractivity (Wildman–Crippen MR) is 76.4 cm³/mol. The molecule has 0 N–H and O–H groups in total. The maximum Gasteiger partial charge on any atom is 0.160 e. The Labute approximate surface area is 111 Å². The van der Waals surface area contributed by atoms with Crippen molar-refractivity contribution in [1.82, 2.24) is 0 Å². The lowest BCUT2D eigenvalue weighted by Gasteiger charge is -2.27. The third kappa shape index (κ3) is 2.66. The van der Waals surface area contributed by atoms with Gasteiger partial charge in [-0.2, -0.15) is 0 Å². The van der Waals surface area contributed by atoms with Crippen molar-refractivity contribution in [3.63, 3.8) is 0 Å². The highest BCUT2D eigenvalue weighted by atomic mass is 16.1. The summed E-state index contributed by atoms with van der Waals surface area (Å²) < 4.78 is 0. The Morgan fingerprint density at radius 3 is 2.39 bits per heavy atom. The zero-order valence-electron chi connectivity index (χ0n) is 11.8. The summed E-state index contributed by atoms with van der Waals surface area (Å²) >= 11 is 0. The second kappa shape index (κ2) is 5.69. The molecule has 0 saturated heterocycles. The quantitative estimate of drug-likeness (QED) is 0.679. The summed E-state index contributed by atoms with van der Waals surface area (Å²) in [5.74, 6) is 1.31. The molecule has 0 amide bonds. The average molecular weight is 244 g/mol. The lowest BCUT2D eigenvalue weighted by Crippen LogP contribution is -2.11. The van der Waals surface area contributed by atoms with E-state index in [1.807, 2.05) is 6.07 Å². The Balaban J connectivity index is 2.45. The van der Waals surface area contributed by atoms with Gasteiger partial charge in [-0.3, -0.25) is 4.79 Å². The first kappa shape index (κ1) is 13.3. The molecule has 0 bridgehead atoms. The van der Waals surface area contributed by atoms with Crippen LogP contribution in [-0.4, -0.2) is 5.78 Å². The Hall–Kier alpha value is -1.11. The Bertz CT molecular complexity index is 425. The summed E-state index contributed by atoms with van der Waals surface area (Å²) in [7, 11) is 0. The predicted octanol–water partition coefficient (Wildman–Crippen LogP) is 5.06. The zero-order chi connectivity index (χ0) is 13.1. The van der Waals surface area contributed by atoms with Gasteiger partial charge in [0.25, 0.3) is 0 Å². The van der Waals surface area contributed by atoms with Crippen LogP contribution < -0.4 is 0 Å². The van der Waals surface area contributed by atoms with Gasteiger partial charge in [0.2, 0.25) is 0 Å². The van der Waals surface area contributed by atoms with Crippen molar-refractivity contribution in [1.29, 1.82) is 0 Å². The van der Waals surface area contributed by atoms with E-state index in [4.69, 9.17) is 0 Å². The molecule has 1 fully saturated rings. The topological polar surface area (TPSA) is 17.1 Å². The number of hydrogen-bond acceptors (Lipinski definition) is 1. The summed E-state index contributed by atoms with van der Waals surface area (Å²) in [6, 6.07) is 6.30. The monoisotopic (exact) mass is 244 g/mol. The highest BCUT2D eigenvalue weighted by Gasteiger charge is 2.22. The van der Waals surface area contributed by atoms with Crippen LogP contribution in [0, 0.1) is 0 Å². The summed E-state index contributed by atoms with van der Waals surface area (Å²) in [4.78, 5) is 11.8. The summed E-state index contributed by atoms with van der Waals surface area (Å²) in [6.07, 6.45) is 6.64. The molecule has 1 nitrogen and oxygen atoms in total. The van der Waals surface area contributed by atoms with Gasteiger partial charge in [0.15, 0.2) is 5.78 Å². The molecule has 0 atom stereocenters. The number of ketones is 1. The van der Waals surface area contributed by atoms with Crippen LogP contribution in [0.4, 0.5) is 0 Å². The average Bonchev–Trinajstić information content (AvgIpc) is 2.38. The number of rotatable bonds is 3. The van der Waals surface area contributed by atoms with Crippen LogP contribution >= 0.6 is 0 Å². The second-order valence-electron chi connectivity index (χ2n) is 5.85. The molecule has 1 heteroatoms. The van der Waals surface area contributed by atoms with Crippen LogP contribution in [0.15, 0.2) is 18.2 Å². The fourth-order valence-electron chi connectivity index (χ4n) is 3.30. The van der Waals surface area contributed by atoms with Gasteiger partial charge in [0.1, 0.15) is 0 Å². The van der Waals surface area contributed by atoms with Crippen molar-refractivity contribution >= 4 is 5.78 Å². The SMILES string of the molecule is CC(=O)c1cccc(C2CCCCC2)c1C(C)C. The first-order chi connectivity index (χ1) is 8.61. The van der Waals surface area contributed by atoms with Crippen molar-refractivity contribution in [3.8, 4) is 0 Å². The maximum absolute atomic E-state index is 11.8. The van der Waals surface area contributed by atoms with Crippen molar-refractivity contribution in [2.45, 2.75) is 64.7 Å². The van der Waals surface area contributed by atoms with E-state index >= 15 is 0 Å². The normalized spacial score (nSPS) is 17.1. The summed E-state index contributed by atoms with van der Waals surface area (Å²) in [6.45, 7) is 6.09. The summed E-state index contributed by atoms with van der Waals surface area (Å²) in [5.41, 5.74) is 3.68. The molecule has 0 heterocycles. The van der Waals surface area contributed by atoms with E-state index in [1.54, 1.807) is 6.92 Å². The number of carbonyl (C=O) groups is 1. The highest BCUT2D eigenvalue weighted by molar-refractivity contribution is 5.96. The van der Waals surface area contributed by atoms with Gasteiger partial charge in [-0.25, -0.2) is 0 Å². The molecule has 1 aromatic carbocycles. The van der Waals surface area contributed by atoms with Gasteiger partial charge in [-0.15, -0.1) is 0 Å². The second-order valence-corrected chi connectivity index (χ2v) is 5.85. The lowest BCUT2D eigenvalue weighted by molar-refractivity contribution is 0.101. The van der Waals surface area contributed by atoms with Crippen molar-refractivity contribution < 1.29 is 4.79 Å². The van der Waals surface area contributed by atoms with E-state index in [1.165, 1.54) is 43.2 Å². The van der Waals surface area contributed by atoms with E-state index in [9.17, 15) is 4.79 Å². The Morgan fingerprint density at radius 2 is 1.83 bits per heavy atom. The zero-order valence-corrected chi connectivity index (χ0v) is 11.8. The van der Waals surface area contributed by atoms with Crippen LogP contribution in [0.25, 0.3) is 0 Å². The molecule has 0 aromatic heterocycles. The molecule has 0 spiro atoms. The smallest absolute Gasteiger partial charge is 0.160 e. The van der Waals surface area contributed by atoms with Gasteiger partial charge in [-0.05, 0) is 42.7 Å². The van der Waals surface area contributed by atoms with Gasteiger partial charge in [0, 0.05) is 5.56 Å². The molecule has 1 aromatic rings. The molecule has 1 aliphatic carbocycles. The molecule has 98 valence electrons. The Kier molecular flexibility index (Phi) is 4.21. The Morgan fingerprint density at radius 1 is 1.17 bits per heavy atom. The molecular formula is C17H24O. The third-order valence-electron chi connectivity index (χ3n) is 4.14. The van der Waals surface area contributed by atoms with Crippen LogP contribution in [-0.2, 0) is 0 Å². The number of carbonyl (C=O) groups excluding carboxylic acids is 1. The van der Waals surface area contributed by atoms with Crippen molar-refractivity contribution in [3.05, 3.63) is 34.9 Å². The van der Waals surface area contributed by atoms with E-state index in [-0.39, 0.29) is 5.78 Å². The third-order valence-corrected chi connectivity index (χ3v) is 4.14. The first-order valence-corrected chi connectivity index (χ1v) is 7.25. The first-order valence-electron chi connectivity index (χ1n) is 7.25. The molecule has 1 saturated carbocycles. The number of Topliss-reactive ketones (excluding diaryl/α,β-unsaturated/α-hetero) is 1. The van der Waals surface area contributed by atoms with Gasteiger partial charge in [0.05, 0.1) is 0 Å². The molecule has 0 radical (unpaired) electrons. The van der Waals surface area contributed by atoms with E-state index < -0.39 is 0 Å². The lowest BCUT2D eigenvalue weighted by atomic mass is 9.78. The summed E-state index contributed by atoms with van der Waals surface area (Å²) in [5, 5.41) is 0. The minimum atomic E-state index is 0.205. The van der Waals surface area contributed by atoms with Crippen molar-refractivity contribution in [2.24, 2.45) is 0 Å². The number of benzene rings is 1. The minimum Gasteiger partial charge on any atom is -0.295 e. The highest BCUT2D eigenvalue weighted by Crippen LogP contribution is 2.38. The van der Waals surface area contributed by atoms with Crippen molar-refractivity contribution in [2.75, 3.05) is 0 Å². The molecule has 2 rings (SSSR count). The minimum absolute atomic E-state index is 0.205. The van der Waals surface area contributed by atoms with Gasteiger partial charge < -0.3 is 0 Å². The van der Waals surface area contributed by atoms with Crippen LogP contribution in [0.5, 0.6) is 0 Å². The molecule has 1 aliphatic rings. The number of hydrogen-bond donors (Lipinski definition) is 0. The van der Waals surface area contributed by atoms with Crippen LogP contribution in [0.2, 0.25) is 0 Å². The van der Waals surface area contributed by atoms with E-state index in [0.717, 1.165) is 5.56 Å². The van der Waals surface area contributed by atoms with Crippen LogP contribution in [0.3, 0.4) is 0 Å². The maximum atomic E-state index is 11.8. The molecule has 18 heavy (non-hydrogen) atoms. The molecular weight excluding hydrogens is 220 g/mol. The fourth-order valence-corrected chi connectivity index (χ4v) is 3.30. The molecule has 0 aliphatic heterocycles. The van der Waals surface area contributed by atoms with E-state index in [0.29, 0.717) is 11.8 Å². The standard InChI is InChI=1S/C17H24O/c1-12(2)17-15(13(3)18)10-7-11-16(17)14-8-5-4-6-9-14/h7,10-12,14H,4-6,8-9H2,1-3H3. The van der Waals surface area contributed by atoms with Gasteiger partial charge >= 0.3 is 0 Å². The van der Waals surface area contributed by atoms with Gasteiger partial charge in [-0.1, -0.05) is 51.3 Å². The molecule has 0 unspecified atom stereocenters. The van der Waals surface area contributed by atoms with E-state index in [2.05, 4.69) is 26.0 Å². The van der Waals surface area contributed by atoms with Crippen LogP contribution in [0.1, 0.15) is 86.2 Å². The fraction of sp³-hybridized carbons (Fsp3) is 0.588.